The molecule has 2 heterocycles. The fraction of sp³-hybridized carbons (Fsp3) is 0.655. The van der Waals surface area contributed by atoms with Gasteiger partial charge in [-0.2, -0.15) is 0 Å². The maximum absolute atomic E-state index is 13.6. The van der Waals surface area contributed by atoms with Gasteiger partial charge in [0.1, 0.15) is 35.9 Å². The number of nitrogens with zero attached hydrogens (tertiary/aromatic N) is 1. The summed E-state index contributed by atoms with van der Waals surface area (Å²) < 4.78 is 36.6. The molecule has 0 radical (unpaired) electrons. The first-order valence-electron chi connectivity index (χ1n) is 13.6. The summed E-state index contributed by atoms with van der Waals surface area (Å²) in [6.45, 7) is 9.89. The average molecular weight is 576 g/mol. The highest BCUT2D eigenvalue weighted by Gasteiger charge is 2.84. The number of esters is 5. The Kier molecular flexibility index (Phi) is 8.19. The van der Waals surface area contributed by atoms with Crippen molar-refractivity contribution in [3.8, 4) is 0 Å². The highest BCUT2D eigenvalue weighted by molar-refractivity contribution is 5.89. The Morgan fingerprint density at radius 1 is 0.902 bits per heavy atom. The number of hydrogen-bond acceptors (Lipinski definition) is 12. The molecule has 3 aliphatic rings. The molecule has 12 heteroatoms. The maximum atomic E-state index is 13.6. The van der Waals surface area contributed by atoms with Gasteiger partial charge in [-0.15, -0.1) is 0 Å². The summed E-state index contributed by atoms with van der Waals surface area (Å²) in [6.07, 6.45) is -1.13. The lowest BCUT2D eigenvalue weighted by atomic mass is 9.47. The van der Waals surface area contributed by atoms with Crippen molar-refractivity contribution in [3.63, 3.8) is 0 Å². The quantitative estimate of drug-likeness (QED) is 0.347. The van der Waals surface area contributed by atoms with Crippen LogP contribution in [0.15, 0.2) is 24.5 Å². The molecule has 2 aliphatic carbocycles. The van der Waals surface area contributed by atoms with Gasteiger partial charge < -0.3 is 28.4 Å². The van der Waals surface area contributed by atoms with Gasteiger partial charge in [-0.25, -0.2) is 4.79 Å². The van der Waals surface area contributed by atoms with E-state index >= 15 is 0 Å². The van der Waals surface area contributed by atoms with E-state index in [0.29, 0.717) is 6.42 Å². The molecule has 1 aromatic heterocycles. The van der Waals surface area contributed by atoms with Crippen molar-refractivity contribution >= 4 is 29.8 Å². The van der Waals surface area contributed by atoms with Gasteiger partial charge in [0.05, 0.1) is 17.1 Å². The van der Waals surface area contributed by atoms with Crippen LogP contribution in [0, 0.1) is 17.3 Å². The van der Waals surface area contributed by atoms with Crippen LogP contribution in [0.25, 0.3) is 0 Å². The molecule has 1 aromatic rings. The van der Waals surface area contributed by atoms with E-state index in [-0.39, 0.29) is 17.9 Å². The van der Waals surface area contributed by atoms with Gasteiger partial charge >= 0.3 is 29.8 Å². The molecule has 0 aromatic carbocycles. The number of carbonyl (C=O) groups excluding carboxylic acids is 5. The fourth-order valence-electron chi connectivity index (χ4n) is 7.35. The van der Waals surface area contributed by atoms with Crippen molar-refractivity contribution in [2.75, 3.05) is 6.61 Å². The van der Waals surface area contributed by atoms with E-state index in [2.05, 4.69) is 4.98 Å². The summed E-state index contributed by atoms with van der Waals surface area (Å²) >= 11 is 0. The Balaban J connectivity index is 2.06. The molecule has 2 saturated carbocycles. The van der Waals surface area contributed by atoms with Crippen molar-refractivity contribution < 1.29 is 52.4 Å². The van der Waals surface area contributed by atoms with Crippen molar-refractivity contribution in [2.45, 2.75) is 96.9 Å². The van der Waals surface area contributed by atoms with Crippen LogP contribution in [-0.4, -0.2) is 77.1 Å². The van der Waals surface area contributed by atoms with Crippen LogP contribution in [0.3, 0.4) is 0 Å². The zero-order chi connectivity index (χ0) is 30.3. The highest BCUT2D eigenvalue weighted by Crippen LogP contribution is 2.68. The number of rotatable bonds is 7. The van der Waals surface area contributed by atoms with Crippen LogP contribution < -0.4 is 0 Å². The molecular formula is C29H37NO11. The number of carbonyl (C=O) groups is 5. The minimum absolute atomic E-state index is 0.119. The molecule has 8 atom stereocenters. The number of ether oxygens (including phenoxy) is 6. The maximum Gasteiger partial charge on any atom is 0.340 e. The molecule has 0 amide bonds. The van der Waals surface area contributed by atoms with Crippen LogP contribution in [0.5, 0.6) is 0 Å². The number of fused-ring (bicyclic) bond motifs is 1. The monoisotopic (exact) mass is 575 g/mol. The van der Waals surface area contributed by atoms with Crippen molar-refractivity contribution in [3.05, 3.63) is 30.1 Å². The van der Waals surface area contributed by atoms with E-state index in [4.69, 9.17) is 28.4 Å². The highest BCUT2D eigenvalue weighted by atomic mass is 16.6. The SMILES string of the molecule is CC(=O)OC[C@@]12[C@@H](OC(C)=O)CC[C@@H](C)[C@]13OC(C)(C)[C@H]([C@@H](OC(C)=O)[C@@H]2OC(=O)c1cccnc1)[C@H]3OC(C)=O. The lowest BCUT2D eigenvalue weighted by Crippen LogP contribution is -2.79. The van der Waals surface area contributed by atoms with Crippen molar-refractivity contribution in [1.29, 1.82) is 0 Å². The molecule has 224 valence electrons. The molecule has 2 bridgehead atoms. The molecule has 1 aliphatic heterocycles. The van der Waals surface area contributed by atoms with E-state index in [9.17, 15) is 24.0 Å². The number of hydrogen-bond donors (Lipinski definition) is 0. The van der Waals surface area contributed by atoms with E-state index in [1.54, 1.807) is 19.9 Å². The van der Waals surface area contributed by atoms with Gasteiger partial charge in [-0.3, -0.25) is 24.2 Å². The van der Waals surface area contributed by atoms with Gasteiger partial charge in [0, 0.05) is 40.1 Å². The average Bonchev–Trinajstić information content (AvgIpc) is 3.06. The Morgan fingerprint density at radius 2 is 1.56 bits per heavy atom. The summed E-state index contributed by atoms with van der Waals surface area (Å²) in [4.78, 5) is 67.6. The molecule has 41 heavy (non-hydrogen) atoms. The molecule has 1 spiro atoms. The van der Waals surface area contributed by atoms with Crippen LogP contribution >= 0.6 is 0 Å². The molecule has 4 rings (SSSR count). The zero-order valence-corrected chi connectivity index (χ0v) is 24.3. The number of pyridine rings is 1. The van der Waals surface area contributed by atoms with Gasteiger partial charge in [0.2, 0.25) is 0 Å². The van der Waals surface area contributed by atoms with Crippen molar-refractivity contribution in [1.82, 2.24) is 4.98 Å². The fourth-order valence-corrected chi connectivity index (χ4v) is 7.35. The van der Waals surface area contributed by atoms with Crippen molar-refractivity contribution in [2.24, 2.45) is 17.3 Å². The van der Waals surface area contributed by atoms with Crippen LogP contribution in [-0.2, 0) is 47.6 Å². The minimum atomic E-state index is -1.66. The van der Waals surface area contributed by atoms with E-state index in [1.165, 1.54) is 46.2 Å². The van der Waals surface area contributed by atoms with Crippen LogP contribution in [0.4, 0.5) is 0 Å². The Morgan fingerprint density at radius 3 is 2.12 bits per heavy atom. The molecule has 3 fully saturated rings. The summed E-state index contributed by atoms with van der Waals surface area (Å²) in [7, 11) is 0. The molecule has 1 saturated heterocycles. The van der Waals surface area contributed by atoms with E-state index < -0.39 is 83.4 Å². The third kappa shape index (κ3) is 5.06. The third-order valence-electron chi connectivity index (χ3n) is 8.59. The largest absolute Gasteiger partial charge is 0.465 e. The first-order chi connectivity index (χ1) is 19.2. The van der Waals surface area contributed by atoms with Gasteiger partial charge in [-0.05, 0) is 44.7 Å². The second kappa shape index (κ2) is 11.0. The van der Waals surface area contributed by atoms with E-state index in [1.807, 2.05) is 6.92 Å². The Labute approximate surface area is 238 Å². The summed E-state index contributed by atoms with van der Waals surface area (Å²) in [5.41, 5.74) is -4.14. The Hall–Kier alpha value is -3.54. The minimum Gasteiger partial charge on any atom is -0.465 e. The lowest BCUT2D eigenvalue weighted by Gasteiger charge is -2.63. The Bertz CT molecular complexity index is 1220. The van der Waals surface area contributed by atoms with Gasteiger partial charge in [0.15, 0.2) is 6.10 Å². The molecule has 12 nitrogen and oxygen atoms in total. The second-order valence-electron chi connectivity index (χ2n) is 11.6. The zero-order valence-electron chi connectivity index (χ0n) is 24.3. The summed E-state index contributed by atoms with van der Waals surface area (Å²) in [6, 6.07) is 3.07. The van der Waals surface area contributed by atoms with Crippen LogP contribution in [0.2, 0.25) is 0 Å². The first-order valence-corrected chi connectivity index (χ1v) is 13.6. The predicted molar refractivity (Wildman–Crippen MR) is 139 cm³/mol. The molecular weight excluding hydrogens is 538 g/mol. The molecule has 0 N–H and O–H groups in total. The van der Waals surface area contributed by atoms with Crippen LogP contribution in [0.1, 0.15) is 71.7 Å². The van der Waals surface area contributed by atoms with Gasteiger partial charge in [0.25, 0.3) is 0 Å². The summed E-state index contributed by atoms with van der Waals surface area (Å²) in [5, 5.41) is 0. The van der Waals surface area contributed by atoms with E-state index in [0.717, 1.165) is 0 Å². The lowest BCUT2D eigenvalue weighted by molar-refractivity contribution is -0.314. The topological polar surface area (TPSA) is 154 Å². The number of aromatic nitrogens is 1. The normalized spacial score (nSPS) is 34.9. The predicted octanol–water partition coefficient (Wildman–Crippen LogP) is 2.56. The van der Waals surface area contributed by atoms with Gasteiger partial charge in [-0.1, -0.05) is 6.92 Å². The smallest absolute Gasteiger partial charge is 0.340 e. The summed E-state index contributed by atoms with van der Waals surface area (Å²) in [5.74, 6) is -4.57. The third-order valence-corrected chi connectivity index (χ3v) is 8.59. The standard InChI is InChI=1S/C29H37NO11/c1-15-10-11-21(37-17(3)32)28(14-36-16(2)31)25(40-26(35)20-9-8-12-30-13-20)23(38-18(4)33)22-24(39-19(5)34)29(15,28)41-27(22,6)7/h8-9,12-13,15,21-25H,10-11,14H2,1-7H3/t15-,21+,22-,23-,24-,25+,28+,29-/m1/s1. The molecule has 0 unspecified atom stereocenters. The first kappa shape index (κ1) is 30.4. The second-order valence-corrected chi connectivity index (χ2v) is 11.6.